The molecule has 2 amide bonds. The van der Waals surface area contributed by atoms with Crippen LogP contribution in [0.15, 0.2) is 30.6 Å². The third kappa shape index (κ3) is 3.73. The summed E-state index contributed by atoms with van der Waals surface area (Å²) in [5, 5.41) is 10.9. The molecule has 2 aliphatic carbocycles. The lowest BCUT2D eigenvalue weighted by Gasteiger charge is -2.27. The molecule has 3 aromatic heterocycles. The van der Waals surface area contributed by atoms with Gasteiger partial charge in [-0.1, -0.05) is 13.0 Å². The van der Waals surface area contributed by atoms with E-state index < -0.39 is 6.09 Å². The molecule has 0 atom stereocenters. The summed E-state index contributed by atoms with van der Waals surface area (Å²) < 4.78 is 7.39. The molecule has 10 heteroatoms. The second kappa shape index (κ2) is 8.14. The van der Waals surface area contributed by atoms with E-state index in [1.54, 1.807) is 11.2 Å². The molecule has 1 aliphatic heterocycles. The summed E-state index contributed by atoms with van der Waals surface area (Å²) in [6.07, 6.45) is 6.70. The van der Waals surface area contributed by atoms with Gasteiger partial charge < -0.3 is 14.6 Å². The van der Waals surface area contributed by atoms with Crippen LogP contribution in [0.1, 0.15) is 72.4 Å². The predicted molar refractivity (Wildman–Crippen MR) is 127 cm³/mol. The number of alkyl carbamates (subject to hydrolysis) is 1. The molecule has 10 nitrogen and oxygen atoms in total. The SMILES string of the molecule is CNC(=O)OCc1nc(C2(C)CC2)cc2c1CN(c1cccc(-c3nncn3C3CCC3)n1)C2=O. The Bertz CT molecular complexity index is 1330. The summed E-state index contributed by atoms with van der Waals surface area (Å²) in [5.74, 6) is 1.13. The van der Waals surface area contributed by atoms with Crippen molar-refractivity contribution in [2.24, 2.45) is 0 Å². The fraction of sp³-hybridized carbons (Fsp3) is 0.440. The van der Waals surface area contributed by atoms with Crippen LogP contribution in [-0.2, 0) is 23.3 Å². The van der Waals surface area contributed by atoms with E-state index in [1.807, 2.05) is 24.3 Å². The zero-order valence-corrected chi connectivity index (χ0v) is 19.8. The molecule has 4 heterocycles. The van der Waals surface area contributed by atoms with E-state index in [0.29, 0.717) is 41.2 Å². The van der Waals surface area contributed by atoms with Crippen LogP contribution in [0, 0.1) is 0 Å². The Morgan fingerprint density at radius 3 is 2.80 bits per heavy atom. The third-order valence-electron chi connectivity index (χ3n) is 7.45. The number of anilines is 1. The topological polar surface area (TPSA) is 115 Å². The lowest BCUT2D eigenvalue weighted by atomic mass is 9.93. The van der Waals surface area contributed by atoms with Crippen molar-refractivity contribution in [3.8, 4) is 11.5 Å². The van der Waals surface area contributed by atoms with Crippen LogP contribution >= 0.6 is 0 Å². The number of rotatable bonds is 6. The molecule has 2 saturated carbocycles. The molecular formula is C25H27N7O3. The minimum absolute atomic E-state index is 0.00497. The number of aromatic nitrogens is 5. The minimum Gasteiger partial charge on any atom is -0.443 e. The molecular weight excluding hydrogens is 446 g/mol. The molecule has 0 bridgehead atoms. The number of pyridine rings is 2. The van der Waals surface area contributed by atoms with Crippen LogP contribution in [0.4, 0.5) is 10.6 Å². The van der Waals surface area contributed by atoms with E-state index in [-0.39, 0.29) is 17.9 Å². The molecule has 1 N–H and O–H groups in total. The Labute approximate surface area is 202 Å². The number of fused-ring (bicyclic) bond motifs is 1. The first kappa shape index (κ1) is 21.7. The standard InChI is InChI=1S/C25H27N7O3/c1-25(9-10-25)20-11-16-17(19(28-20)13-35-24(34)26-2)12-31(23(16)33)21-8-4-7-18(29-21)22-30-27-14-32(22)15-5-3-6-15/h4,7-8,11,14-15H,3,5-6,9-10,12-13H2,1-2H3,(H,26,34). The maximum absolute atomic E-state index is 13.6. The molecule has 3 aliphatic rings. The zero-order valence-electron chi connectivity index (χ0n) is 19.8. The molecule has 3 aromatic rings. The Morgan fingerprint density at radius 1 is 1.26 bits per heavy atom. The van der Waals surface area contributed by atoms with Crippen molar-refractivity contribution < 1.29 is 14.3 Å². The summed E-state index contributed by atoms with van der Waals surface area (Å²) in [7, 11) is 1.51. The first-order valence-corrected chi connectivity index (χ1v) is 12.0. The summed E-state index contributed by atoms with van der Waals surface area (Å²) >= 11 is 0. The van der Waals surface area contributed by atoms with E-state index in [4.69, 9.17) is 14.7 Å². The monoisotopic (exact) mass is 473 g/mol. The summed E-state index contributed by atoms with van der Waals surface area (Å²) in [5.41, 5.74) is 3.51. The highest BCUT2D eigenvalue weighted by atomic mass is 16.5. The highest BCUT2D eigenvalue weighted by molar-refractivity contribution is 6.09. The van der Waals surface area contributed by atoms with Gasteiger partial charge in [-0.2, -0.15) is 0 Å². The van der Waals surface area contributed by atoms with Crippen LogP contribution in [0.5, 0.6) is 0 Å². The third-order valence-corrected chi connectivity index (χ3v) is 7.45. The Morgan fingerprint density at radius 2 is 2.09 bits per heavy atom. The largest absolute Gasteiger partial charge is 0.443 e. The van der Waals surface area contributed by atoms with Gasteiger partial charge in [-0.15, -0.1) is 10.2 Å². The maximum atomic E-state index is 13.6. The highest BCUT2D eigenvalue weighted by Gasteiger charge is 2.43. The van der Waals surface area contributed by atoms with Gasteiger partial charge in [0, 0.05) is 35.3 Å². The molecule has 0 radical (unpaired) electrons. The van der Waals surface area contributed by atoms with Crippen molar-refractivity contribution in [3.63, 3.8) is 0 Å². The number of carbonyl (C=O) groups excluding carboxylic acids is 2. The van der Waals surface area contributed by atoms with Gasteiger partial charge in [-0.25, -0.2) is 9.78 Å². The van der Waals surface area contributed by atoms with Crippen LogP contribution in [0.2, 0.25) is 0 Å². The molecule has 2 fully saturated rings. The molecule has 6 rings (SSSR count). The van der Waals surface area contributed by atoms with Crippen LogP contribution < -0.4 is 10.2 Å². The lowest BCUT2D eigenvalue weighted by Crippen LogP contribution is -2.24. The number of hydrogen-bond donors (Lipinski definition) is 1. The minimum atomic E-state index is -0.533. The average Bonchev–Trinajstić information content (AvgIpc) is 3.26. The van der Waals surface area contributed by atoms with Crippen LogP contribution in [0.25, 0.3) is 11.5 Å². The quantitative estimate of drug-likeness (QED) is 0.582. The van der Waals surface area contributed by atoms with Gasteiger partial charge in [0.05, 0.1) is 12.2 Å². The molecule has 0 unspecified atom stereocenters. The number of hydrogen-bond acceptors (Lipinski definition) is 7. The Balaban J connectivity index is 1.34. The van der Waals surface area contributed by atoms with Crippen molar-refractivity contribution in [1.82, 2.24) is 30.0 Å². The van der Waals surface area contributed by atoms with Crippen molar-refractivity contribution in [2.75, 3.05) is 11.9 Å². The van der Waals surface area contributed by atoms with Crippen molar-refractivity contribution >= 4 is 17.8 Å². The van der Waals surface area contributed by atoms with Gasteiger partial charge in [0.2, 0.25) is 0 Å². The van der Waals surface area contributed by atoms with E-state index in [0.717, 1.165) is 36.9 Å². The number of ether oxygens (including phenoxy) is 1. The van der Waals surface area contributed by atoms with Gasteiger partial charge >= 0.3 is 6.09 Å². The maximum Gasteiger partial charge on any atom is 0.407 e. The van der Waals surface area contributed by atoms with Gasteiger partial charge in [0.25, 0.3) is 5.91 Å². The summed E-state index contributed by atoms with van der Waals surface area (Å²) in [4.78, 5) is 36.6. The van der Waals surface area contributed by atoms with Crippen molar-refractivity contribution in [1.29, 1.82) is 0 Å². The number of amides is 2. The number of nitrogens with zero attached hydrogens (tertiary/aromatic N) is 6. The van der Waals surface area contributed by atoms with Gasteiger partial charge in [0.15, 0.2) is 5.82 Å². The van der Waals surface area contributed by atoms with E-state index in [2.05, 4.69) is 27.0 Å². The molecule has 0 spiro atoms. The summed E-state index contributed by atoms with van der Waals surface area (Å²) in [6.45, 7) is 2.47. The van der Waals surface area contributed by atoms with E-state index in [1.165, 1.54) is 13.5 Å². The first-order valence-electron chi connectivity index (χ1n) is 12.0. The molecule has 35 heavy (non-hydrogen) atoms. The Kier molecular flexibility index (Phi) is 5.05. The highest BCUT2D eigenvalue weighted by Crippen LogP contribution is 2.48. The van der Waals surface area contributed by atoms with Crippen LogP contribution in [0.3, 0.4) is 0 Å². The molecule has 0 saturated heterocycles. The first-order chi connectivity index (χ1) is 17.0. The second-order valence-corrected chi connectivity index (χ2v) is 9.79. The molecule has 0 aromatic carbocycles. The fourth-order valence-electron chi connectivity index (χ4n) is 4.69. The second-order valence-electron chi connectivity index (χ2n) is 9.79. The van der Waals surface area contributed by atoms with Gasteiger partial charge in [0.1, 0.15) is 24.4 Å². The Hall–Kier alpha value is -3.82. The number of carbonyl (C=O) groups is 2. The fourth-order valence-corrected chi connectivity index (χ4v) is 4.69. The van der Waals surface area contributed by atoms with Gasteiger partial charge in [-0.3, -0.25) is 14.7 Å². The van der Waals surface area contributed by atoms with E-state index >= 15 is 0 Å². The van der Waals surface area contributed by atoms with E-state index in [9.17, 15) is 9.59 Å². The van der Waals surface area contributed by atoms with Crippen LogP contribution in [-0.4, -0.2) is 43.8 Å². The summed E-state index contributed by atoms with van der Waals surface area (Å²) in [6, 6.07) is 7.92. The smallest absolute Gasteiger partial charge is 0.407 e. The zero-order chi connectivity index (χ0) is 24.2. The van der Waals surface area contributed by atoms with Crippen molar-refractivity contribution in [2.45, 2.75) is 63.6 Å². The average molecular weight is 474 g/mol. The lowest BCUT2D eigenvalue weighted by molar-refractivity contribution is 0.0995. The van der Waals surface area contributed by atoms with Crippen molar-refractivity contribution in [3.05, 3.63) is 53.1 Å². The normalized spacial score (nSPS) is 18.2. The number of nitrogens with one attached hydrogen (secondary N) is 1. The van der Waals surface area contributed by atoms with Gasteiger partial charge in [-0.05, 0) is 50.3 Å². The predicted octanol–water partition coefficient (Wildman–Crippen LogP) is 3.53. The molecule has 180 valence electrons.